The summed E-state index contributed by atoms with van der Waals surface area (Å²) in [6.45, 7) is 3.51. The fraction of sp³-hybridized carbons (Fsp3) is 0.125. The van der Waals surface area contributed by atoms with Gasteiger partial charge in [0.25, 0.3) is 0 Å². The van der Waals surface area contributed by atoms with Crippen molar-refractivity contribution in [3.63, 3.8) is 0 Å². The molecule has 0 atom stereocenters. The highest BCUT2D eigenvalue weighted by Gasteiger charge is 2.12. The van der Waals surface area contributed by atoms with Gasteiger partial charge in [-0.1, -0.05) is 24.3 Å². The number of rotatable bonds is 3. The molecule has 102 valence electrons. The molecule has 0 amide bonds. The minimum Gasteiger partial charge on any atom is -0.478 e. The van der Waals surface area contributed by atoms with Gasteiger partial charge in [-0.15, -0.1) is 0 Å². The largest absolute Gasteiger partial charge is 0.478 e. The highest BCUT2D eigenvalue weighted by molar-refractivity contribution is 5.92. The first kappa shape index (κ1) is 13.8. The number of carboxylic acid groups (broad SMARTS) is 2. The van der Waals surface area contributed by atoms with Gasteiger partial charge in [0.1, 0.15) is 0 Å². The smallest absolute Gasteiger partial charge is 0.336 e. The van der Waals surface area contributed by atoms with Crippen molar-refractivity contribution in [2.24, 2.45) is 0 Å². The molecule has 0 heterocycles. The third-order valence-corrected chi connectivity index (χ3v) is 3.21. The minimum absolute atomic E-state index is 0.226. The van der Waals surface area contributed by atoms with Crippen LogP contribution in [-0.4, -0.2) is 22.2 Å². The van der Waals surface area contributed by atoms with E-state index in [4.69, 9.17) is 10.2 Å². The Morgan fingerprint density at radius 2 is 1.30 bits per heavy atom. The summed E-state index contributed by atoms with van der Waals surface area (Å²) in [5, 5.41) is 18.0. The Kier molecular flexibility index (Phi) is 3.57. The predicted octanol–water partition coefficient (Wildman–Crippen LogP) is 3.37. The molecule has 2 rings (SSSR count). The summed E-state index contributed by atoms with van der Waals surface area (Å²) >= 11 is 0. The zero-order valence-electron chi connectivity index (χ0n) is 11.2. The average Bonchev–Trinajstić information content (AvgIpc) is 2.37. The van der Waals surface area contributed by atoms with Gasteiger partial charge in [-0.3, -0.25) is 0 Å². The Balaban J connectivity index is 2.48. The molecule has 20 heavy (non-hydrogen) atoms. The number of aromatic carboxylic acids is 2. The topological polar surface area (TPSA) is 74.6 Å². The van der Waals surface area contributed by atoms with Crippen LogP contribution >= 0.6 is 0 Å². The fourth-order valence-electron chi connectivity index (χ4n) is 2.27. The molecule has 4 nitrogen and oxygen atoms in total. The lowest BCUT2D eigenvalue weighted by atomic mass is 9.95. The highest BCUT2D eigenvalue weighted by Crippen LogP contribution is 2.25. The van der Waals surface area contributed by atoms with Gasteiger partial charge < -0.3 is 10.2 Å². The van der Waals surface area contributed by atoms with Crippen LogP contribution in [0.3, 0.4) is 0 Å². The summed E-state index contributed by atoms with van der Waals surface area (Å²) in [6.07, 6.45) is 0. The molecule has 0 aliphatic carbocycles. The van der Waals surface area contributed by atoms with E-state index in [1.54, 1.807) is 38.1 Å². The Hall–Kier alpha value is -2.62. The molecule has 0 bridgehead atoms. The molecule has 0 fully saturated rings. The second-order valence-electron chi connectivity index (χ2n) is 4.67. The quantitative estimate of drug-likeness (QED) is 0.896. The second kappa shape index (κ2) is 5.17. The Bertz CT molecular complexity index is 661. The zero-order chi connectivity index (χ0) is 14.9. The highest BCUT2D eigenvalue weighted by atomic mass is 16.4. The normalized spacial score (nSPS) is 10.3. The molecule has 0 saturated carbocycles. The lowest BCUT2D eigenvalue weighted by Crippen LogP contribution is -2.03. The van der Waals surface area contributed by atoms with Crippen molar-refractivity contribution in [1.82, 2.24) is 0 Å². The van der Waals surface area contributed by atoms with Gasteiger partial charge in [0.15, 0.2) is 0 Å². The molecular weight excluding hydrogens is 256 g/mol. The van der Waals surface area contributed by atoms with Gasteiger partial charge >= 0.3 is 11.9 Å². The van der Waals surface area contributed by atoms with E-state index >= 15 is 0 Å². The van der Waals surface area contributed by atoms with Crippen LogP contribution in [-0.2, 0) is 0 Å². The van der Waals surface area contributed by atoms with Gasteiger partial charge in [-0.2, -0.15) is 0 Å². The first-order valence-electron chi connectivity index (χ1n) is 6.08. The molecule has 4 heteroatoms. The van der Waals surface area contributed by atoms with Crippen molar-refractivity contribution in [2.75, 3.05) is 0 Å². The summed E-state index contributed by atoms with van der Waals surface area (Å²) in [6, 6.07) is 10.1. The molecule has 0 radical (unpaired) electrons. The predicted molar refractivity (Wildman–Crippen MR) is 75.3 cm³/mol. The Morgan fingerprint density at radius 1 is 0.800 bits per heavy atom. The van der Waals surface area contributed by atoms with Crippen molar-refractivity contribution in [1.29, 1.82) is 0 Å². The van der Waals surface area contributed by atoms with E-state index in [0.717, 1.165) is 11.1 Å². The fourth-order valence-corrected chi connectivity index (χ4v) is 2.27. The second-order valence-corrected chi connectivity index (χ2v) is 4.67. The lowest BCUT2D eigenvalue weighted by molar-refractivity contribution is 0.0685. The average molecular weight is 270 g/mol. The van der Waals surface area contributed by atoms with Crippen LogP contribution < -0.4 is 0 Å². The third kappa shape index (κ3) is 2.54. The first-order chi connectivity index (χ1) is 9.40. The van der Waals surface area contributed by atoms with E-state index in [0.29, 0.717) is 16.7 Å². The maximum atomic E-state index is 11.1. The number of carbonyl (C=O) groups is 2. The number of aryl methyl sites for hydroxylation is 2. The lowest BCUT2D eigenvalue weighted by Gasteiger charge is -2.10. The van der Waals surface area contributed by atoms with E-state index < -0.39 is 11.9 Å². The van der Waals surface area contributed by atoms with Crippen molar-refractivity contribution in [3.8, 4) is 11.1 Å². The molecule has 0 spiro atoms. The van der Waals surface area contributed by atoms with Crippen molar-refractivity contribution in [3.05, 3.63) is 58.7 Å². The van der Waals surface area contributed by atoms with Crippen LogP contribution in [0.15, 0.2) is 36.4 Å². The van der Waals surface area contributed by atoms with Gasteiger partial charge in [-0.05, 0) is 48.2 Å². The summed E-state index contributed by atoms with van der Waals surface area (Å²) < 4.78 is 0. The summed E-state index contributed by atoms with van der Waals surface area (Å²) in [5.41, 5.74) is 3.66. The van der Waals surface area contributed by atoms with Crippen LogP contribution in [0.1, 0.15) is 31.8 Å². The van der Waals surface area contributed by atoms with Crippen LogP contribution in [0.4, 0.5) is 0 Å². The Morgan fingerprint density at radius 3 is 1.70 bits per heavy atom. The minimum atomic E-state index is -0.967. The van der Waals surface area contributed by atoms with E-state index in [1.165, 1.54) is 12.1 Å². The van der Waals surface area contributed by atoms with Gasteiger partial charge in [0, 0.05) is 0 Å². The zero-order valence-corrected chi connectivity index (χ0v) is 11.2. The molecule has 0 unspecified atom stereocenters. The molecule has 2 aromatic rings. The van der Waals surface area contributed by atoms with E-state index in [-0.39, 0.29) is 5.56 Å². The molecular formula is C16H14O4. The number of hydrogen-bond acceptors (Lipinski definition) is 2. The number of hydrogen-bond donors (Lipinski definition) is 2. The maximum absolute atomic E-state index is 11.1. The first-order valence-corrected chi connectivity index (χ1v) is 6.08. The van der Waals surface area contributed by atoms with Crippen LogP contribution in [0.25, 0.3) is 11.1 Å². The van der Waals surface area contributed by atoms with E-state index in [9.17, 15) is 9.59 Å². The standard InChI is InChI=1S/C16H14O4/c1-9-7-13(8-10(2)14(9)16(19)20)11-3-5-12(6-4-11)15(17)18/h3-8H,1-2H3,(H,17,18)(H,19,20). The Labute approximate surface area is 116 Å². The monoisotopic (exact) mass is 270 g/mol. The van der Waals surface area contributed by atoms with Crippen LogP contribution in [0.5, 0.6) is 0 Å². The van der Waals surface area contributed by atoms with Crippen molar-refractivity contribution < 1.29 is 19.8 Å². The molecule has 2 N–H and O–H groups in total. The third-order valence-electron chi connectivity index (χ3n) is 3.21. The maximum Gasteiger partial charge on any atom is 0.336 e. The van der Waals surface area contributed by atoms with E-state index in [1.807, 2.05) is 0 Å². The van der Waals surface area contributed by atoms with Crippen LogP contribution in [0.2, 0.25) is 0 Å². The van der Waals surface area contributed by atoms with Crippen molar-refractivity contribution in [2.45, 2.75) is 13.8 Å². The SMILES string of the molecule is Cc1cc(-c2ccc(C(=O)O)cc2)cc(C)c1C(=O)O. The molecule has 2 aromatic carbocycles. The molecule has 0 aliphatic heterocycles. The summed E-state index contributed by atoms with van der Waals surface area (Å²) in [4.78, 5) is 22.0. The number of carboxylic acids is 2. The molecule has 0 saturated heterocycles. The van der Waals surface area contributed by atoms with Gasteiger partial charge in [0.2, 0.25) is 0 Å². The van der Waals surface area contributed by atoms with Gasteiger partial charge in [-0.25, -0.2) is 9.59 Å². The molecule has 0 aliphatic rings. The van der Waals surface area contributed by atoms with Gasteiger partial charge in [0.05, 0.1) is 11.1 Å². The number of benzene rings is 2. The van der Waals surface area contributed by atoms with E-state index in [2.05, 4.69) is 0 Å². The van der Waals surface area contributed by atoms with Crippen LogP contribution in [0, 0.1) is 13.8 Å². The summed E-state index contributed by atoms with van der Waals surface area (Å²) in [5.74, 6) is -1.90. The summed E-state index contributed by atoms with van der Waals surface area (Å²) in [7, 11) is 0. The van der Waals surface area contributed by atoms with Crippen molar-refractivity contribution >= 4 is 11.9 Å². The molecule has 0 aromatic heterocycles.